The lowest BCUT2D eigenvalue weighted by molar-refractivity contribution is 0.102. The Hall–Kier alpha value is -1.76. The zero-order valence-electron chi connectivity index (χ0n) is 10.0. The van der Waals surface area contributed by atoms with Crippen LogP contribution in [-0.4, -0.2) is 15.9 Å². The molecule has 0 unspecified atom stereocenters. The van der Waals surface area contributed by atoms with Crippen molar-refractivity contribution in [3.63, 3.8) is 0 Å². The summed E-state index contributed by atoms with van der Waals surface area (Å²) in [6, 6.07) is 7.09. The number of rotatable bonds is 3. The first kappa shape index (κ1) is 13.2. The van der Waals surface area contributed by atoms with Crippen LogP contribution in [0.1, 0.15) is 10.4 Å². The summed E-state index contributed by atoms with van der Waals surface area (Å²) in [6.07, 6.45) is 1.50. The highest BCUT2D eigenvalue weighted by atomic mass is 35.5. The molecule has 0 spiro atoms. The molecule has 0 aliphatic heterocycles. The number of hydrogen-bond acceptors (Lipinski definition) is 5. The van der Waals surface area contributed by atoms with E-state index in [1.807, 2.05) is 22.9 Å². The van der Waals surface area contributed by atoms with E-state index in [9.17, 15) is 4.79 Å². The van der Waals surface area contributed by atoms with Crippen LogP contribution in [0.2, 0.25) is 5.15 Å². The minimum Gasteiger partial charge on any atom is -0.298 e. The summed E-state index contributed by atoms with van der Waals surface area (Å²) in [5.74, 6) is -0.249. The Morgan fingerprint density at radius 2 is 2.20 bits per heavy atom. The number of thiophene rings is 1. The number of pyridine rings is 1. The van der Waals surface area contributed by atoms with E-state index in [2.05, 4.69) is 15.3 Å². The van der Waals surface area contributed by atoms with Gasteiger partial charge < -0.3 is 0 Å². The Balaban J connectivity index is 1.77. The average Bonchev–Trinajstić information content (AvgIpc) is 3.08. The van der Waals surface area contributed by atoms with Crippen LogP contribution in [0.25, 0.3) is 10.6 Å². The molecule has 3 rings (SSSR count). The van der Waals surface area contributed by atoms with Gasteiger partial charge in [-0.2, -0.15) is 0 Å². The minimum atomic E-state index is -0.249. The van der Waals surface area contributed by atoms with Gasteiger partial charge in [0.2, 0.25) is 0 Å². The second kappa shape index (κ2) is 5.70. The highest BCUT2D eigenvalue weighted by Gasteiger charge is 2.10. The van der Waals surface area contributed by atoms with Crippen LogP contribution in [0.5, 0.6) is 0 Å². The minimum absolute atomic E-state index is 0.249. The highest BCUT2D eigenvalue weighted by Crippen LogP contribution is 2.28. The van der Waals surface area contributed by atoms with Crippen LogP contribution < -0.4 is 5.32 Å². The molecule has 4 nitrogen and oxygen atoms in total. The van der Waals surface area contributed by atoms with E-state index in [1.165, 1.54) is 23.6 Å². The van der Waals surface area contributed by atoms with Gasteiger partial charge in [-0.05, 0) is 23.6 Å². The maximum absolute atomic E-state index is 12.0. The predicted octanol–water partition coefficient (Wildman–Crippen LogP) is 4.17. The molecule has 0 radical (unpaired) electrons. The molecule has 0 fully saturated rings. The van der Waals surface area contributed by atoms with Gasteiger partial charge in [-0.15, -0.1) is 22.7 Å². The van der Waals surface area contributed by atoms with Crippen molar-refractivity contribution in [2.24, 2.45) is 0 Å². The summed E-state index contributed by atoms with van der Waals surface area (Å²) >= 11 is 8.76. The van der Waals surface area contributed by atoms with Gasteiger partial charge in [0.25, 0.3) is 5.91 Å². The molecule has 0 bridgehead atoms. The fraction of sp³-hybridized carbons (Fsp3) is 0. The molecule has 0 saturated heterocycles. The molecule has 0 atom stereocenters. The lowest BCUT2D eigenvalue weighted by Gasteiger charge is -2.01. The van der Waals surface area contributed by atoms with Crippen molar-refractivity contribution in [1.82, 2.24) is 9.97 Å². The molecule has 20 heavy (non-hydrogen) atoms. The molecular weight excluding hydrogens is 314 g/mol. The molecular formula is C13H8ClN3OS2. The van der Waals surface area contributed by atoms with Crippen molar-refractivity contribution in [3.05, 3.63) is 51.9 Å². The van der Waals surface area contributed by atoms with Crippen LogP contribution >= 0.6 is 34.3 Å². The SMILES string of the molecule is O=C(Nc1nc(-c2cccs2)cs1)c1ccnc(Cl)c1. The summed E-state index contributed by atoms with van der Waals surface area (Å²) in [5, 5.41) is 7.51. The van der Waals surface area contributed by atoms with Crippen molar-refractivity contribution in [1.29, 1.82) is 0 Å². The molecule has 1 N–H and O–H groups in total. The largest absolute Gasteiger partial charge is 0.298 e. The fourth-order valence-corrected chi connectivity index (χ4v) is 3.22. The average molecular weight is 322 g/mol. The van der Waals surface area contributed by atoms with Crippen molar-refractivity contribution in [2.75, 3.05) is 5.32 Å². The van der Waals surface area contributed by atoms with Gasteiger partial charge in [0.05, 0.1) is 10.6 Å². The van der Waals surface area contributed by atoms with Gasteiger partial charge in [-0.1, -0.05) is 17.7 Å². The van der Waals surface area contributed by atoms with Crippen molar-refractivity contribution < 1.29 is 4.79 Å². The first-order valence-corrected chi connectivity index (χ1v) is 7.78. The van der Waals surface area contributed by atoms with Crippen molar-refractivity contribution >= 4 is 45.3 Å². The molecule has 3 aromatic rings. The summed E-state index contributed by atoms with van der Waals surface area (Å²) in [6.45, 7) is 0. The van der Waals surface area contributed by atoms with E-state index < -0.39 is 0 Å². The Bertz CT molecular complexity index is 740. The van der Waals surface area contributed by atoms with E-state index in [1.54, 1.807) is 17.4 Å². The van der Waals surface area contributed by atoms with Crippen molar-refractivity contribution in [3.8, 4) is 10.6 Å². The molecule has 100 valence electrons. The van der Waals surface area contributed by atoms with Gasteiger partial charge in [0.15, 0.2) is 5.13 Å². The maximum Gasteiger partial charge on any atom is 0.257 e. The molecule has 0 aliphatic rings. The van der Waals surface area contributed by atoms with Crippen molar-refractivity contribution in [2.45, 2.75) is 0 Å². The van der Waals surface area contributed by atoms with Crippen LogP contribution in [0.3, 0.4) is 0 Å². The van der Waals surface area contributed by atoms with Gasteiger partial charge in [-0.3, -0.25) is 10.1 Å². The van der Waals surface area contributed by atoms with E-state index in [0.717, 1.165) is 10.6 Å². The highest BCUT2D eigenvalue weighted by molar-refractivity contribution is 7.16. The smallest absolute Gasteiger partial charge is 0.257 e. The predicted molar refractivity (Wildman–Crippen MR) is 82.6 cm³/mol. The first-order valence-electron chi connectivity index (χ1n) is 5.65. The Labute approximate surface area is 128 Å². The topological polar surface area (TPSA) is 54.9 Å². The maximum atomic E-state index is 12.0. The van der Waals surface area contributed by atoms with E-state index in [0.29, 0.717) is 10.7 Å². The standard InChI is InChI=1S/C13H8ClN3OS2/c14-11-6-8(3-4-15-11)12(18)17-13-16-9(7-20-13)10-2-1-5-19-10/h1-7H,(H,16,17,18). The lowest BCUT2D eigenvalue weighted by Crippen LogP contribution is -2.11. The van der Waals surface area contributed by atoms with Crippen LogP contribution in [-0.2, 0) is 0 Å². The Kier molecular flexibility index (Phi) is 3.77. The third-order valence-electron chi connectivity index (χ3n) is 2.49. The Morgan fingerprint density at radius 1 is 1.30 bits per heavy atom. The number of hydrogen-bond donors (Lipinski definition) is 1. The first-order chi connectivity index (χ1) is 9.72. The fourth-order valence-electron chi connectivity index (χ4n) is 1.58. The van der Waals surface area contributed by atoms with Gasteiger partial charge in [-0.25, -0.2) is 9.97 Å². The van der Waals surface area contributed by atoms with E-state index in [4.69, 9.17) is 11.6 Å². The number of nitrogens with zero attached hydrogens (tertiary/aromatic N) is 2. The summed E-state index contributed by atoms with van der Waals surface area (Å²) in [5.41, 5.74) is 1.32. The van der Waals surface area contributed by atoms with E-state index >= 15 is 0 Å². The normalized spacial score (nSPS) is 10.4. The molecule has 1 amide bonds. The second-order valence-corrected chi connectivity index (χ2v) is 6.03. The summed E-state index contributed by atoms with van der Waals surface area (Å²) in [7, 11) is 0. The zero-order chi connectivity index (χ0) is 13.9. The number of halogens is 1. The van der Waals surface area contributed by atoms with Gasteiger partial charge >= 0.3 is 0 Å². The molecule has 0 aliphatic carbocycles. The van der Waals surface area contributed by atoms with Gasteiger partial charge in [0, 0.05) is 17.1 Å². The van der Waals surface area contributed by atoms with Crippen LogP contribution in [0.15, 0.2) is 41.2 Å². The molecule has 0 saturated carbocycles. The monoisotopic (exact) mass is 321 g/mol. The summed E-state index contributed by atoms with van der Waals surface area (Å²) in [4.78, 5) is 21.3. The van der Waals surface area contributed by atoms with Crippen LogP contribution in [0.4, 0.5) is 5.13 Å². The Morgan fingerprint density at radius 3 is 2.95 bits per heavy atom. The molecule has 7 heteroatoms. The molecule has 3 aromatic heterocycles. The molecule has 3 heterocycles. The number of carbonyl (C=O) groups excluding carboxylic acids is 1. The molecule has 0 aromatic carbocycles. The third-order valence-corrected chi connectivity index (χ3v) is 4.34. The lowest BCUT2D eigenvalue weighted by atomic mass is 10.2. The quantitative estimate of drug-likeness (QED) is 0.736. The number of carbonyl (C=O) groups is 1. The number of aromatic nitrogens is 2. The third kappa shape index (κ3) is 2.87. The number of amides is 1. The number of anilines is 1. The second-order valence-electron chi connectivity index (χ2n) is 3.84. The van der Waals surface area contributed by atoms with Crippen LogP contribution in [0, 0.1) is 0 Å². The van der Waals surface area contributed by atoms with Gasteiger partial charge in [0.1, 0.15) is 5.15 Å². The number of thiazole rings is 1. The van der Waals surface area contributed by atoms with E-state index in [-0.39, 0.29) is 11.1 Å². The number of nitrogens with one attached hydrogen (secondary N) is 1. The zero-order valence-corrected chi connectivity index (χ0v) is 12.4. The summed E-state index contributed by atoms with van der Waals surface area (Å²) < 4.78 is 0.